The van der Waals surface area contributed by atoms with Gasteiger partial charge in [0.15, 0.2) is 0 Å². The van der Waals surface area contributed by atoms with Crippen molar-refractivity contribution in [2.24, 2.45) is 0 Å². The summed E-state index contributed by atoms with van der Waals surface area (Å²) >= 11 is 4.71. The molecule has 15 heavy (non-hydrogen) atoms. The molecule has 0 rings (SSSR count). The van der Waals surface area contributed by atoms with Gasteiger partial charge in [0.2, 0.25) is 0 Å². The summed E-state index contributed by atoms with van der Waals surface area (Å²) in [5.41, 5.74) is 0. The number of rotatable bonds is 6. The van der Waals surface area contributed by atoms with Gasteiger partial charge in [0, 0.05) is 5.22 Å². The first-order chi connectivity index (χ1) is 6.41. The molecule has 0 bridgehead atoms. The molecule has 0 fully saturated rings. The molecule has 1 unspecified atom stereocenters. The van der Waals surface area contributed by atoms with Crippen LogP contribution in [0.15, 0.2) is 0 Å². The van der Waals surface area contributed by atoms with Gasteiger partial charge >= 0.3 is 0 Å². The topological polar surface area (TPSA) is 29.5 Å². The molecule has 7 heteroatoms. The maximum atomic E-state index is 9.76. The van der Waals surface area contributed by atoms with Crippen molar-refractivity contribution in [3.63, 3.8) is 0 Å². The highest BCUT2D eigenvalue weighted by Crippen LogP contribution is 2.24. The summed E-state index contributed by atoms with van der Waals surface area (Å²) in [6.45, 7) is 10.9. The van der Waals surface area contributed by atoms with E-state index in [0.717, 1.165) is 6.04 Å². The van der Waals surface area contributed by atoms with Crippen LogP contribution in [0.4, 0.5) is 0 Å². The Morgan fingerprint density at radius 1 is 1.27 bits per heavy atom. The second-order valence-corrected chi connectivity index (χ2v) is 28.6. The van der Waals surface area contributed by atoms with Crippen LogP contribution in [-0.4, -0.2) is 31.2 Å². The van der Waals surface area contributed by atoms with E-state index in [9.17, 15) is 4.80 Å². The molecule has 0 aromatic rings. The second kappa shape index (κ2) is 6.27. The first-order valence-corrected chi connectivity index (χ1v) is 18.7. The lowest BCUT2D eigenvalue weighted by molar-refractivity contribution is 0.195. The van der Waals surface area contributed by atoms with Crippen LogP contribution >= 0.6 is 43.6 Å². The lowest BCUT2D eigenvalue weighted by Crippen LogP contribution is -2.41. The normalized spacial score (nSPS) is 18.4. The fourth-order valence-electron chi connectivity index (χ4n) is 1.54. The zero-order chi connectivity index (χ0) is 12.3. The third kappa shape index (κ3) is 12.3. The first-order valence-electron chi connectivity index (χ1n) is 5.22. The van der Waals surface area contributed by atoms with E-state index in [0.29, 0.717) is 0 Å². The van der Waals surface area contributed by atoms with Crippen LogP contribution in [0.2, 0.25) is 31.7 Å². The van der Waals surface area contributed by atoms with Crippen LogP contribution in [0.3, 0.4) is 0 Å². The van der Waals surface area contributed by atoms with Crippen molar-refractivity contribution in [3.05, 3.63) is 0 Å². The molecule has 0 aliphatic heterocycles. The fourth-order valence-corrected chi connectivity index (χ4v) is 14.6. The third-order valence-electron chi connectivity index (χ3n) is 1.93. The average Bonchev–Trinajstić information content (AvgIpc) is 1.75. The van der Waals surface area contributed by atoms with Gasteiger partial charge in [0.1, 0.15) is 0 Å². The Morgan fingerprint density at radius 2 is 1.73 bits per heavy atom. The van der Waals surface area contributed by atoms with Gasteiger partial charge in [-0.2, -0.15) is 0 Å². The SMILES string of the molecule is CC(C)(O[Si](C)(C)I)[SiH2]CC[Si](C)(O)I. The van der Waals surface area contributed by atoms with Crippen LogP contribution in [0.25, 0.3) is 0 Å². The van der Waals surface area contributed by atoms with E-state index < -0.39 is 11.6 Å². The summed E-state index contributed by atoms with van der Waals surface area (Å²) in [5, 5.41) is 0.104. The van der Waals surface area contributed by atoms with E-state index in [4.69, 9.17) is 4.43 Å². The van der Waals surface area contributed by atoms with Crippen LogP contribution < -0.4 is 0 Å². The second-order valence-electron chi connectivity index (χ2n) is 5.22. The summed E-state index contributed by atoms with van der Waals surface area (Å²) in [6.07, 6.45) is 0. The molecule has 0 spiro atoms. The summed E-state index contributed by atoms with van der Waals surface area (Å²) in [7, 11) is -0.243. The molecule has 0 aromatic carbocycles. The number of halogens is 2. The lowest BCUT2D eigenvalue weighted by atomic mass is 10.5. The molecule has 0 radical (unpaired) electrons. The van der Waals surface area contributed by atoms with Crippen molar-refractivity contribution in [2.45, 2.75) is 50.8 Å². The van der Waals surface area contributed by atoms with E-state index >= 15 is 0 Å². The van der Waals surface area contributed by atoms with Crippen LogP contribution in [0.5, 0.6) is 0 Å². The zero-order valence-electron chi connectivity index (χ0n) is 10.2. The average molecular weight is 488 g/mol. The molecule has 0 heterocycles. The lowest BCUT2D eigenvalue weighted by Gasteiger charge is -2.32. The Bertz CT molecular complexity index is 199. The van der Waals surface area contributed by atoms with Crippen LogP contribution in [0, 0.1) is 0 Å². The minimum Gasteiger partial charge on any atom is -0.423 e. The van der Waals surface area contributed by atoms with Gasteiger partial charge in [-0.05, 0) is 39.5 Å². The molecule has 0 aliphatic carbocycles. The van der Waals surface area contributed by atoms with Crippen molar-refractivity contribution < 1.29 is 9.22 Å². The summed E-state index contributed by atoms with van der Waals surface area (Å²) in [5.74, 6) is -3.29. The van der Waals surface area contributed by atoms with Gasteiger partial charge in [-0.25, -0.2) is 0 Å². The molecule has 0 saturated heterocycles. The van der Waals surface area contributed by atoms with Gasteiger partial charge in [0.25, 0.3) is 11.6 Å². The van der Waals surface area contributed by atoms with Gasteiger partial charge in [-0.1, -0.05) is 49.6 Å². The monoisotopic (exact) mass is 488 g/mol. The molecule has 92 valence electrons. The predicted octanol–water partition coefficient (Wildman–Crippen LogP) is 2.96. The van der Waals surface area contributed by atoms with E-state index in [1.165, 1.54) is 6.04 Å². The summed E-state index contributed by atoms with van der Waals surface area (Å²) in [6, 6.07) is 2.23. The van der Waals surface area contributed by atoms with E-state index in [2.05, 4.69) is 70.5 Å². The van der Waals surface area contributed by atoms with Gasteiger partial charge in [-0.3, -0.25) is 0 Å². The van der Waals surface area contributed by atoms with Crippen LogP contribution in [-0.2, 0) is 4.43 Å². The largest absolute Gasteiger partial charge is 0.423 e. The van der Waals surface area contributed by atoms with E-state index in [1.807, 2.05) is 6.55 Å². The fraction of sp³-hybridized carbons (Fsp3) is 1.00. The minimum atomic E-state index is -1.86. The Labute approximate surface area is 123 Å². The molecular formula is C8H22I2O2Si3. The third-order valence-corrected chi connectivity index (χ3v) is 9.57. The molecule has 2 nitrogen and oxygen atoms in total. The molecule has 1 atom stereocenters. The predicted molar refractivity (Wildman–Crippen MR) is 92.7 cm³/mol. The van der Waals surface area contributed by atoms with Gasteiger partial charge < -0.3 is 9.22 Å². The Hall–Kier alpha value is 2.03. The molecular weight excluding hydrogens is 466 g/mol. The van der Waals surface area contributed by atoms with Crippen molar-refractivity contribution in [2.75, 3.05) is 0 Å². The van der Waals surface area contributed by atoms with Crippen molar-refractivity contribution in [3.8, 4) is 0 Å². The smallest absolute Gasteiger partial charge is 0.252 e. The van der Waals surface area contributed by atoms with Gasteiger partial charge in [-0.15, -0.1) is 0 Å². The van der Waals surface area contributed by atoms with Gasteiger partial charge in [0.05, 0.1) is 9.52 Å². The molecule has 1 N–H and O–H groups in total. The van der Waals surface area contributed by atoms with Crippen molar-refractivity contribution in [1.82, 2.24) is 0 Å². The summed E-state index contributed by atoms with van der Waals surface area (Å²) in [4.78, 5) is 9.76. The molecule has 0 amide bonds. The highest BCUT2D eigenvalue weighted by molar-refractivity contribution is 14.1. The molecule has 0 aliphatic rings. The maximum Gasteiger partial charge on any atom is 0.252 e. The van der Waals surface area contributed by atoms with E-state index in [-0.39, 0.29) is 14.7 Å². The highest BCUT2D eigenvalue weighted by Gasteiger charge is 2.29. The van der Waals surface area contributed by atoms with Crippen molar-refractivity contribution in [1.29, 1.82) is 0 Å². The molecule has 0 aromatic heterocycles. The zero-order valence-corrected chi connectivity index (χ0v) is 18.0. The number of hydrogen-bond donors (Lipinski definition) is 1. The van der Waals surface area contributed by atoms with E-state index in [1.54, 1.807) is 0 Å². The highest BCUT2D eigenvalue weighted by atomic mass is 127. The quantitative estimate of drug-likeness (QED) is 0.354. The van der Waals surface area contributed by atoms with Crippen molar-refractivity contribution >= 4 is 64.7 Å². The first kappa shape index (κ1) is 17.0. The summed E-state index contributed by atoms with van der Waals surface area (Å²) < 4.78 is 6.16. The Kier molecular flexibility index (Phi) is 7.12. The Morgan fingerprint density at radius 3 is 2.07 bits per heavy atom. The Balaban J connectivity index is 3.95. The molecule has 0 saturated carbocycles. The maximum absolute atomic E-state index is 9.76. The van der Waals surface area contributed by atoms with Crippen LogP contribution in [0.1, 0.15) is 13.8 Å². The minimum absolute atomic E-state index is 0.104. The standard InChI is InChI=1S/C8H22I2O2Si3/c1-8(2,12-14(3,4)9)13-6-7-15(5,10)11/h11H,6-7,13H2,1-5H3. The number of hydrogen-bond acceptors (Lipinski definition) is 2.